The molecule has 0 aromatic heterocycles. The Morgan fingerprint density at radius 2 is 1.65 bits per heavy atom. The van der Waals surface area contributed by atoms with E-state index >= 15 is 0 Å². The van der Waals surface area contributed by atoms with Gasteiger partial charge in [0.1, 0.15) is 5.75 Å². The number of hydrogen-bond donors (Lipinski definition) is 3. The Morgan fingerprint density at radius 1 is 1.00 bits per heavy atom. The summed E-state index contributed by atoms with van der Waals surface area (Å²) < 4.78 is 22.0. The van der Waals surface area contributed by atoms with Gasteiger partial charge in [-0.05, 0) is 55.0 Å². The Balaban J connectivity index is 1.88. The standard InChI is InChI=1S/C20H22BrN3O6S/c1-11-7-13(5-6-14(11)21)30-10-17(25)22-20(31)24-23-19(26)12-8-15(27-2)18(29-4)16(9-12)28-3/h5-9H,10H2,1-4H3,(H,23,26)(H2,22,24,25,31). The SMILES string of the molecule is COc1cc(C(=O)NNC(=S)NC(=O)COc2ccc(Br)c(C)c2)cc(OC)c1OC. The van der Waals surface area contributed by atoms with Crippen molar-refractivity contribution in [1.82, 2.24) is 16.2 Å². The highest BCUT2D eigenvalue weighted by Gasteiger charge is 2.17. The zero-order valence-corrected chi connectivity index (χ0v) is 19.7. The molecule has 3 N–H and O–H groups in total. The Morgan fingerprint density at radius 3 is 2.19 bits per heavy atom. The van der Waals surface area contributed by atoms with Crippen LogP contribution in [-0.4, -0.2) is 44.9 Å². The average Bonchev–Trinajstić information content (AvgIpc) is 2.77. The maximum atomic E-state index is 12.4. The van der Waals surface area contributed by atoms with Gasteiger partial charge >= 0.3 is 0 Å². The molecule has 2 rings (SSSR count). The number of thiocarbonyl (C=S) groups is 1. The molecule has 0 aliphatic rings. The van der Waals surface area contributed by atoms with Crippen molar-refractivity contribution in [3.8, 4) is 23.0 Å². The number of ether oxygens (including phenoxy) is 4. The fourth-order valence-electron chi connectivity index (χ4n) is 2.45. The first kappa shape index (κ1) is 24.2. The van der Waals surface area contributed by atoms with Gasteiger partial charge in [0.05, 0.1) is 21.3 Å². The molecular weight excluding hydrogens is 490 g/mol. The number of carbonyl (C=O) groups excluding carboxylic acids is 2. The number of carbonyl (C=O) groups is 2. The zero-order valence-electron chi connectivity index (χ0n) is 17.3. The first-order chi connectivity index (χ1) is 14.8. The molecule has 0 aliphatic carbocycles. The van der Waals surface area contributed by atoms with Crippen LogP contribution in [0.2, 0.25) is 0 Å². The Bertz CT molecular complexity index is 960. The summed E-state index contributed by atoms with van der Waals surface area (Å²) in [5, 5.41) is 2.31. The Kier molecular flexibility index (Phi) is 8.88. The number of aryl methyl sites for hydroxylation is 1. The number of halogens is 1. The summed E-state index contributed by atoms with van der Waals surface area (Å²) in [6, 6.07) is 8.32. The molecule has 0 spiro atoms. The lowest BCUT2D eigenvalue weighted by Gasteiger charge is -2.15. The van der Waals surface area contributed by atoms with Crippen molar-refractivity contribution >= 4 is 45.1 Å². The lowest BCUT2D eigenvalue weighted by molar-refractivity contribution is -0.121. The second-order valence-corrected chi connectivity index (χ2v) is 7.33. The first-order valence-electron chi connectivity index (χ1n) is 8.88. The Hall–Kier alpha value is -3.05. The quantitative estimate of drug-likeness (QED) is 0.384. The summed E-state index contributed by atoms with van der Waals surface area (Å²) in [6.45, 7) is 1.66. The molecule has 2 aromatic rings. The fraction of sp³-hybridized carbons (Fsp3) is 0.250. The van der Waals surface area contributed by atoms with Crippen LogP contribution in [0.5, 0.6) is 23.0 Å². The van der Waals surface area contributed by atoms with Crippen LogP contribution in [0.1, 0.15) is 15.9 Å². The van der Waals surface area contributed by atoms with Gasteiger partial charge in [-0.15, -0.1) is 0 Å². The Labute approximate surface area is 193 Å². The molecule has 0 atom stereocenters. The molecule has 166 valence electrons. The maximum absolute atomic E-state index is 12.4. The van der Waals surface area contributed by atoms with Crippen molar-refractivity contribution in [1.29, 1.82) is 0 Å². The first-order valence-corrected chi connectivity index (χ1v) is 10.1. The van der Waals surface area contributed by atoms with Crippen LogP contribution in [0.25, 0.3) is 0 Å². The predicted octanol–water partition coefficient (Wildman–Crippen LogP) is 2.50. The zero-order chi connectivity index (χ0) is 23.0. The summed E-state index contributed by atoms with van der Waals surface area (Å²) in [4.78, 5) is 24.4. The molecule has 11 heteroatoms. The monoisotopic (exact) mass is 511 g/mol. The number of hydrazine groups is 1. The van der Waals surface area contributed by atoms with Gasteiger partial charge in [0.25, 0.3) is 11.8 Å². The van der Waals surface area contributed by atoms with E-state index in [0.717, 1.165) is 10.0 Å². The molecule has 0 bridgehead atoms. The molecule has 0 aliphatic heterocycles. The number of rotatable bonds is 7. The van der Waals surface area contributed by atoms with E-state index in [1.165, 1.54) is 33.5 Å². The highest BCUT2D eigenvalue weighted by molar-refractivity contribution is 9.10. The molecule has 9 nitrogen and oxygen atoms in total. The largest absolute Gasteiger partial charge is 0.493 e. The number of methoxy groups -OCH3 is 3. The fourth-order valence-corrected chi connectivity index (χ4v) is 2.86. The number of nitrogens with one attached hydrogen (secondary N) is 3. The summed E-state index contributed by atoms with van der Waals surface area (Å²) in [6.07, 6.45) is 0. The third-order valence-electron chi connectivity index (χ3n) is 3.97. The van der Waals surface area contributed by atoms with E-state index in [2.05, 4.69) is 32.1 Å². The van der Waals surface area contributed by atoms with Gasteiger partial charge in [0.2, 0.25) is 5.75 Å². The highest BCUT2D eigenvalue weighted by Crippen LogP contribution is 2.38. The smallest absolute Gasteiger partial charge is 0.269 e. The molecule has 2 amide bonds. The van der Waals surface area contributed by atoms with Crippen molar-refractivity contribution in [2.24, 2.45) is 0 Å². The van der Waals surface area contributed by atoms with Crippen LogP contribution in [0.4, 0.5) is 0 Å². The van der Waals surface area contributed by atoms with E-state index in [4.69, 9.17) is 31.2 Å². The molecule has 2 aromatic carbocycles. The van der Waals surface area contributed by atoms with Gasteiger partial charge in [-0.25, -0.2) is 0 Å². The summed E-state index contributed by atoms with van der Waals surface area (Å²) in [7, 11) is 4.35. The van der Waals surface area contributed by atoms with Gasteiger partial charge in [-0.2, -0.15) is 0 Å². The lowest BCUT2D eigenvalue weighted by atomic mass is 10.1. The number of amides is 2. The second kappa shape index (κ2) is 11.4. The minimum Gasteiger partial charge on any atom is -0.493 e. The molecule has 0 saturated carbocycles. The predicted molar refractivity (Wildman–Crippen MR) is 122 cm³/mol. The van der Waals surface area contributed by atoms with Crippen LogP contribution in [0.15, 0.2) is 34.8 Å². The van der Waals surface area contributed by atoms with Crippen molar-refractivity contribution < 1.29 is 28.5 Å². The van der Waals surface area contributed by atoms with Crippen LogP contribution < -0.4 is 35.1 Å². The van der Waals surface area contributed by atoms with Crippen LogP contribution in [0.3, 0.4) is 0 Å². The molecule has 0 radical (unpaired) electrons. The summed E-state index contributed by atoms with van der Waals surface area (Å²) >= 11 is 8.41. The lowest BCUT2D eigenvalue weighted by Crippen LogP contribution is -2.49. The maximum Gasteiger partial charge on any atom is 0.269 e. The minimum absolute atomic E-state index is 0.0959. The molecule has 0 unspecified atom stereocenters. The van der Waals surface area contributed by atoms with Crippen LogP contribution >= 0.6 is 28.1 Å². The van der Waals surface area contributed by atoms with E-state index in [1.54, 1.807) is 12.1 Å². The molecule has 31 heavy (non-hydrogen) atoms. The number of hydrogen-bond acceptors (Lipinski definition) is 7. The van der Waals surface area contributed by atoms with E-state index in [1.807, 2.05) is 13.0 Å². The third kappa shape index (κ3) is 6.72. The van der Waals surface area contributed by atoms with Crippen LogP contribution in [-0.2, 0) is 4.79 Å². The van der Waals surface area contributed by atoms with Crippen LogP contribution in [0, 0.1) is 6.92 Å². The van der Waals surface area contributed by atoms with Gasteiger partial charge in [0, 0.05) is 10.0 Å². The van der Waals surface area contributed by atoms with E-state index in [-0.39, 0.29) is 17.3 Å². The average molecular weight is 512 g/mol. The van der Waals surface area contributed by atoms with E-state index < -0.39 is 11.8 Å². The summed E-state index contributed by atoms with van der Waals surface area (Å²) in [5.74, 6) is 0.535. The van der Waals surface area contributed by atoms with Gasteiger partial charge < -0.3 is 18.9 Å². The van der Waals surface area contributed by atoms with E-state index in [9.17, 15) is 9.59 Å². The van der Waals surface area contributed by atoms with E-state index in [0.29, 0.717) is 23.0 Å². The third-order valence-corrected chi connectivity index (χ3v) is 5.06. The molecular formula is C20H22BrN3O6S. The molecule has 0 saturated heterocycles. The second-order valence-electron chi connectivity index (χ2n) is 6.07. The van der Waals surface area contributed by atoms with Gasteiger partial charge in [0.15, 0.2) is 23.2 Å². The van der Waals surface area contributed by atoms with Gasteiger partial charge in [-0.3, -0.25) is 25.8 Å². The molecule has 0 fully saturated rings. The van der Waals surface area contributed by atoms with Crippen molar-refractivity contribution in [3.05, 3.63) is 45.9 Å². The number of benzene rings is 2. The molecule has 0 heterocycles. The van der Waals surface area contributed by atoms with Crippen molar-refractivity contribution in [2.45, 2.75) is 6.92 Å². The topological polar surface area (TPSA) is 107 Å². The highest BCUT2D eigenvalue weighted by atomic mass is 79.9. The van der Waals surface area contributed by atoms with Gasteiger partial charge in [-0.1, -0.05) is 15.9 Å². The summed E-state index contributed by atoms with van der Waals surface area (Å²) in [5.41, 5.74) is 6.05. The van der Waals surface area contributed by atoms with Crippen molar-refractivity contribution in [3.63, 3.8) is 0 Å². The normalized spacial score (nSPS) is 9.97. The van der Waals surface area contributed by atoms with Crippen molar-refractivity contribution in [2.75, 3.05) is 27.9 Å². The minimum atomic E-state index is -0.530.